The highest BCUT2D eigenvalue weighted by atomic mass is 16.5. The highest BCUT2D eigenvalue weighted by Crippen LogP contribution is 2.11. The largest absolute Gasteiger partial charge is 0.465 e. The second kappa shape index (κ2) is 5.76. The van der Waals surface area contributed by atoms with Gasteiger partial charge in [-0.3, -0.25) is 4.79 Å². The van der Waals surface area contributed by atoms with Crippen LogP contribution >= 0.6 is 0 Å². The maximum absolute atomic E-state index is 11.0. The average molecular weight is 218 g/mol. The predicted molar refractivity (Wildman–Crippen MR) is 61.5 cm³/mol. The Hall–Kier alpha value is -2.02. The Balaban J connectivity index is 2.70. The fraction of sp³-hybridized carbons (Fsp3) is 0.333. The lowest BCUT2D eigenvalue weighted by atomic mass is 10.2. The number of carbonyl (C=O) groups is 1. The summed E-state index contributed by atoms with van der Waals surface area (Å²) in [5.74, 6) is 5.11. The first-order valence-electron chi connectivity index (χ1n) is 5.00. The number of aromatic nitrogens is 1. The molecule has 0 aliphatic heterocycles. The van der Waals surface area contributed by atoms with Crippen molar-refractivity contribution in [3.05, 3.63) is 23.5 Å². The van der Waals surface area contributed by atoms with Crippen LogP contribution in [0.3, 0.4) is 0 Å². The number of nitrogen functional groups attached to an aromatic ring is 1. The molecule has 0 spiro atoms. The van der Waals surface area contributed by atoms with Crippen molar-refractivity contribution >= 4 is 11.7 Å². The molecule has 0 unspecified atom stereocenters. The number of nitrogens with two attached hydrogens (primary N) is 1. The molecule has 1 heterocycles. The zero-order chi connectivity index (χ0) is 12.0. The Morgan fingerprint density at radius 3 is 3.06 bits per heavy atom. The van der Waals surface area contributed by atoms with Gasteiger partial charge in [-0.1, -0.05) is 5.92 Å². The molecule has 0 fully saturated rings. The number of carbonyl (C=O) groups excluding carboxylic acids is 1. The van der Waals surface area contributed by atoms with Crippen LogP contribution in [0.15, 0.2) is 12.3 Å². The number of esters is 1. The van der Waals surface area contributed by atoms with Gasteiger partial charge >= 0.3 is 5.97 Å². The number of rotatable bonds is 2. The maximum Gasteiger partial charge on any atom is 0.317 e. The first-order chi connectivity index (χ1) is 7.65. The zero-order valence-corrected chi connectivity index (χ0v) is 9.41. The van der Waals surface area contributed by atoms with Crippen LogP contribution in [0.1, 0.15) is 24.6 Å². The lowest BCUT2D eigenvalue weighted by molar-refractivity contribution is -0.141. The molecule has 0 bridgehead atoms. The molecule has 1 aromatic rings. The number of nitrogens with zero attached hydrogens (tertiary/aromatic N) is 1. The van der Waals surface area contributed by atoms with Crippen LogP contribution in [-0.4, -0.2) is 17.6 Å². The van der Waals surface area contributed by atoms with Crippen molar-refractivity contribution < 1.29 is 9.53 Å². The van der Waals surface area contributed by atoms with E-state index in [0.717, 1.165) is 5.56 Å². The van der Waals surface area contributed by atoms with Crippen LogP contribution in [0.25, 0.3) is 0 Å². The monoisotopic (exact) mass is 218 g/mol. The fourth-order valence-electron chi connectivity index (χ4n) is 1.08. The lowest BCUT2D eigenvalue weighted by Gasteiger charge is -2.00. The van der Waals surface area contributed by atoms with E-state index in [-0.39, 0.29) is 12.4 Å². The molecule has 0 aromatic carbocycles. The number of anilines is 1. The summed E-state index contributed by atoms with van der Waals surface area (Å²) in [6.45, 7) is 4.00. The van der Waals surface area contributed by atoms with Crippen LogP contribution in [0.2, 0.25) is 0 Å². The van der Waals surface area contributed by atoms with E-state index < -0.39 is 0 Å². The van der Waals surface area contributed by atoms with Crippen molar-refractivity contribution in [2.75, 3.05) is 12.3 Å². The summed E-state index contributed by atoms with van der Waals surface area (Å²) in [5.41, 5.74) is 7.76. The predicted octanol–water partition coefficient (Wildman–Crippen LogP) is 1.28. The Morgan fingerprint density at radius 1 is 1.62 bits per heavy atom. The molecule has 4 nitrogen and oxygen atoms in total. The summed E-state index contributed by atoms with van der Waals surface area (Å²) in [6.07, 6.45) is 1.70. The molecule has 2 N–H and O–H groups in total. The van der Waals surface area contributed by atoms with Crippen LogP contribution in [0.4, 0.5) is 5.69 Å². The third kappa shape index (κ3) is 3.28. The molecule has 1 rings (SSSR count). The van der Waals surface area contributed by atoms with E-state index >= 15 is 0 Å². The van der Waals surface area contributed by atoms with Gasteiger partial charge in [0.1, 0.15) is 12.1 Å². The quantitative estimate of drug-likeness (QED) is 0.599. The van der Waals surface area contributed by atoms with Crippen molar-refractivity contribution in [2.24, 2.45) is 0 Å². The second-order valence-corrected chi connectivity index (χ2v) is 3.17. The van der Waals surface area contributed by atoms with Gasteiger partial charge in [0, 0.05) is 6.20 Å². The molecule has 1 aromatic heterocycles. The topological polar surface area (TPSA) is 65.2 Å². The molecule has 0 radical (unpaired) electrons. The number of ether oxygens (including phenoxy) is 1. The van der Waals surface area contributed by atoms with Crippen molar-refractivity contribution in [3.63, 3.8) is 0 Å². The number of hydrogen-bond donors (Lipinski definition) is 1. The first-order valence-corrected chi connectivity index (χ1v) is 5.00. The second-order valence-electron chi connectivity index (χ2n) is 3.17. The summed E-state index contributed by atoms with van der Waals surface area (Å²) in [6, 6.07) is 1.81. The normalized spacial score (nSPS) is 9.12. The molecule has 0 aliphatic rings. The highest BCUT2D eigenvalue weighted by Gasteiger charge is 2.00. The average Bonchev–Trinajstić information content (AvgIpc) is 2.25. The van der Waals surface area contributed by atoms with Crippen LogP contribution in [0, 0.1) is 18.8 Å². The molecular weight excluding hydrogens is 204 g/mol. The maximum atomic E-state index is 11.0. The number of aryl methyl sites for hydroxylation is 1. The van der Waals surface area contributed by atoms with Crippen LogP contribution < -0.4 is 5.73 Å². The van der Waals surface area contributed by atoms with Gasteiger partial charge in [-0.25, -0.2) is 4.98 Å². The Bertz CT molecular complexity index is 444. The minimum atomic E-state index is -0.332. The van der Waals surface area contributed by atoms with Gasteiger partial charge in [0.25, 0.3) is 0 Å². The van der Waals surface area contributed by atoms with Gasteiger partial charge in [0.2, 0.25) is 0 Å². The van der Waals surface area contributed by atoms with Gasteiger partial charge in [-0.15, -0.1) is 0 Å². The Kier molecular flexibility index (Phi) is 4.34. The number of hydrogen-bond acceptors (Lipinski definition) is 4. The Labute approximate surface area is 94.8 Å². The zero-order valence-electron chi connectivity index (χ0n) is 9.41. The fourth-order valence-corrected chi connectivity index (χ4v) is 1.08. The summed E-state index contributed by atoms with van der Waals surface area (Å²) < 4.78 is 4.74. The van der Waals surface area contributed by atoms with Gasteiger partial charge in [0.15, 0.2) is 0 Å². The minimum absolute atomic E-state index is 0.0584. The van der Waals surface area contributed by atoms with Crippen LogP contribution in [-0.2, 0) is 9.53 Å². The van der Waals surface area contributed by atoms with Crippen LogP contribution in [0.5, 0.6) is 0 Å². The molecular formula is C12H14N2O2. The highest BCUT2D eigenvalue weighted by molar-refractivity contribution is 5.72. The SMILES string of the molecule is CCOC(=O)CC#Cc1nccc(C)c1N. The molecule has 84 valence electrons. The van der Waals surface area contributed by atoms with Gasteiger partial charge < -0.3 is 10.5 Å². The smallest absolute Gasteiger partial charge is 0.317 e. The third-order valence-corrected chi connectivity index (χ3v) is 1.95. The molecule has 0 aliphatic carbocycles. The minimum Gasteiger partial charge on any atom is -0.465 e. The standard InChI is InChI=1S/C12H14N2O2/c1-3-16-11(15)6-4-5-10-12(13)9(2)7-8-14-10/h7-8H,3,6,13H2,1-2H3. The van der Waals surface area contributed by atoms with Crippen molar-refractivity contribution in [1.29, 1.82) is 0 Å². The van der Waals surface area contributed by atoms with E-state index in [1.807, 2.05) is 13.0 Å². The van der Waals surface area contributed by atoms with E-state index in [1.54, 1.807) is 13.1 Å². The van der Waals surface area contributed by atoms with E-state index in [0.29, 0.717) is 18.0 Å². The molecule has 0 saturated heterocycles. The first kappa shape index (κ1) is 12.1. The van der Waals surface area contributed by atoms with E-state index in [4.69, 9.17) is 10.5 Å². The molecule has 16 heavy (non-hydrogen) atoms. The summed E-state index contributed by atoms with van der Waals surface area (Å²) in [4.78, 5) is 15.0. The van der Waals surface area contributed by atoms with E-state index in [2.05, 4.69) is 16.8 Å². The summed E-state index contributed by atoms with van der Waals surface area (Å²) in [7, 11) is 0. The van der Waals surface area contributed by atoms with Crippen molar-refractivity contribution in [2.45, 2.75) is 20.3 Å². The lowest BCUT2D eigenvalue weighted by Crippen LogP contribution is -2.02. The van der Waals surface area contributed by atoms with Crippen molar-refractivity contribution in [3.8, 4) is 11.8 Å². The summed E-state index contributed by atoms with van der Waals surface area (Å²) in [5, 5.41) is 0. The van der Waals surface area contributed by atoms with Gasteiger partial charge in [-0.2, -0.15) is 0 Å². The third-order valence-electron chi connectivity index (χ3n) is 1.95. The van der Waals surface area contributed by atoms with Gasteiger partial charge in [-0.05, 0) is 31.4 Å². The summed E-state index contributed by atoms with van der Waals surface area (Å²) >= 11 is 0. The molecule has 4 heteroatoms. The van der Waals surface area contributed by atoms with E-state index in [1.165, 1.54) is 0 Å². The van der Waals surface area contributed by atoms with Gasteiger partial charge in [0.05, 0.1) is 12.3 Å². The Morgan fingerprint density at radius 2 is 2.38 bits per heavy atom. The van der Waals surface area contributed by atoms with Crippen molar-refractivity contribution in [1.82, 2.24) is 4.98 Å². The molecule has 0 saturated carbocycles. The molecule has 0 atom stereocenters. The van der Waals surface area contributed by atoms with E-state index in [9.17, 15) is 4.79 Å². The number of pyridine rings is 1. The molecule has 0 amide bonds.